The summed E-state index contributed by atoms with van der Waals surface area (Å²) < 4.78 is 19.6. The molecule has 0 spiro atoms. The van der Waals surface area contributed by atoms with Crippen molar-refractivity contribution in [1.82, 2.24) is 9.78 Å². The molecule has 0 aliphatic heterocycles. The van der Waals surface area contributed by atoms with Gasteiger partial charge in [0.05, 0.1) is 11.4 Å². The highest BCUT2D eigenvalue weighted by Gasteiger charge is 2.20. The number of nitrogens with two attached hydrogens (primary N) is 1. The van der Waals surface area contributed by atoms with E-state index >= 15 is 0 Å². The number of rotatable bonds is 4. The van der Waals surface area contributed by atoms with Gasteiger partial charge in [-0.15, -0.1) is 0 Å². The van der Waals surface area contributed by atoms with Crippen LogP contribution in [0.5, 0.6) is 0 Å². The first-order valence-electron chi connectivity index (χ1n) is 6.25. The Morgan fingerprint density at radius 1 is 1.50 bits per heavy atom. The SMILES string of the molecule is CCc1nn(C)c(C(=O)OCc2cccc(F)c2)c1N. The van der Waals surface area contributed by atoms with E-state index in [4.69, 9.17) is 10.5 Å². The van der Waals surface area contributed by atoms with Crippen LogP contribution in [-0.2, 0) is 24.8 Å². The molecule has 0 saturated heterocycles. The smallest absolute Gasteiger partial charge is 0.359 e. The molecule has 0 saturated carbocycles. The Bertz CT molecular complexity index is 637. The number of aryl methyl sites for hydroxylation is 2. The fourth-order valence-electron chi connectivity index (χ4n) is 1.94. The molecule has 20 heavy (non-hydrogen) atoms. The Morgan fingerprint density at radius 3 is 2.85 bits per heavy atom. The third-order valence-electron chi connectivity index (χ3n) is 2.95. The van der Waals surface area contributed by atoms with Crippen LogP contribution in [0.3, 0.4) is 0 Å². The van der Waals surface area contributed by atoms with Crippen LogP contribution < -0.4 is 5.73 Å². The molecule has 6 heteroatoms. The molecule has 2 N–H and O–H groups in total. The molecule has 0 atom stereocenters. The largest absolute Gasteiger partial charge is 0.456 e. The van der Waals surface area contributed by atoms with Crippen LogP contribution >= 0.6 is 0 Å². The number of halogens is 1. The summed E-state index contributed by atoms with van der Waals surface area (Å²) in [5.41, 5.74) is 7.65. The number of aromatic nitrogens is 2. The molecule has 0 unspecified atom stereocenters. The van der Waals surface area contributed by atoms with Gasteiger partial charge in [0, 0.05) is 7.05 Å². The Morgan fingerprint density at radius 2 is 2.25 bits per heavy atom. The van der Waals surface area contributed by atoms with Gasteiger partial charge < -0.3 is 10.5 Å². The van der Waals surface area contributed by atoms with Crippen LogP contribution in [0.1, 0.15) is 28.7 Å². The van der Waals surface area contributed by atoms with Crippen molar-refractivity contribution in [3.63, 3.8) is 0 Å². The van der Waals surface area contributed by atoms with Crippen molar-refractivity contribution < 1.29 is 13.9 Å². The van der Waals surface area contributed by atoms with Gasteiger partial charge in [-0.25, -0.2) is 9.18 Å². The maximum absolute atomic E-state index is 13.0. The zero-order chi connectivity index (χ0) is 14.7. The predicted molar refractivity (Wildman–Crippen MR) is 72.5 cm³/mol. The van der Waals surface area contributed by atoms with Gasteiger partial charge in [-0.3, -0.25) is 4.68 Å². The van der Waals surface area contributed by atoms with E-state index in [9.17, 15) is 9.18 Å². The summed E-state index contributed by atoms with van der Waals surface area (Å²) in [4.78, 5) is 12.0. The van der Waals surface area contributed by atoms with Crippen molar-refractivity contribution in [2.75, 3.05) is 5.73 Å². The van der Waals surface area contributed by atoms with Crippen molar-refractivity contribution in [2.24, 2.45) is 7.05 Å². The summed E-state index contributed by atoms with van der Waals surface area (Å²) in [6, 6.07) is 5.89. The molecule has 0 amide bonds. The van der Waals surface area contributed by atoms with Crippen molar-refractivity contribution in [2.45, 2.75) is 20.0 Å². The number of ether oxygens (including phenoxy) is 1. The van der Waals surface area contributed by atoms with Crippen LogP contribution in [0.2, 0.25) is 0 Å². The highest BCUT2D eigenvalue weighted by atomic mass is 19.1. The van der Waals surface area contributed by atoms with Crippen molar-refractivity contribution in [3.8, 4) is 0 Å². The van der Waals surface area contributed by atoms with Crippen LogP contribution in [-0.4, -0.2) is 15.7 Å². The average Bonchev–Trinajstić information content (AvgIpc) is 2.71. The second-order valence-corrected chi connectivity index (χ2v) is 4.39. The minimum Gasteiger partial charge on any atom is -0.456 e. The number of hydrogen-bond donors (Lipinski definition) is 1. The normalized spacial score (nSPS) is 10.6. The molecular formula is C14H16FN3O2. The van der Waals surface area contributed by atoms with E-state index in [0.717, 1.165) is 0 Å². The van der Waals surface area contributed by atoms with Crippen molar-refractivity contribution in [3.05, 3.63) is 47.0 Å². The molecule has 0 fully saturated rings. The Kier molecular flexibility index (Phi) is 4.02. The fourth-order valence-corrected chi connectivity index (χ4v) is 1.94. The molecule has 106 valence electrons. The number of anilines is 1. The highest BCUT2D eigenvalue weighted by molar-refractivity contribution is 5.93. The van der Waals surface area contributed by atoms with E-state index in [1.807, 2.05) is 6.92 Å². The maximum Gasteiger partial charge on any atom is 0.359 e. The molecule has 0 radical (unpaired) electrons. The van der Waals surface area contributed by atoms with E-state index in [1.54, 1.807) is 19.2 Å². The van der Waals surface area contributed by atoms with Crippen LogP contribution in [0.4, 0.5) is 10.1 Å². The predicted octanol–water partition coefficient (Wildman–Crippen LogP) is 2.06. The van der Waals surface area contributed by atoms with Gasteiger partial charge in [-0.1, -0.05) is 19.1 Å². The minimum absolute atomic E-state index is 0.0112. The topological polar surface area (TPSA) is 70.1 Å². The summed E-state index contributed by atoms with van der Waals surface area (Å²) in [6.07, 6.45) is 0.636. The fraction of sp³-hybridized carbons (Fsp3) is 0.286. The minimum atomic E-state index is -0.568. The average molecular weight is 277 g/mol. The molecule has 2 aromatic rings. The molecule has 0 aliphatic carbocycles. The Hall–Kier alpha value is -2.37. The van der Waals surface area contributed by atoms with Crippen LogP contribution in [0.15, 0.2) is 24.3 Å². The van der Waals surface area contributed by atoms with E-state index in [1.165, 1.54) is 16.8 Å². The Balaban J connectivity index is 2.11. The van der Waals surface area contributed by atoms with Crippen LogP contribution in [0, 0.1) is 5.82 Å². The van der Waals surface area contributed by atoms with Crippen LogP contribution in [0.25, 0.3) is 0 Å². The first-order valence-corrected chi connectivity index (χ1v) is 6.25. The number of benzene rings is 1. The summed E-state index contributed by atoms with van der Waals surface area (Å²) in [6.45, 7) is 1.89. The number of carbonyl (C=O) groups is 1. The lowest BCUT2D eigenvalue weighted by Gasteiger charge is -2.06. The lowest BCUT2D eigenvalue weighted by Crippen LogP contribution is -2.12. The number of nitrogens with zero attached hydrogens (tertiary/aromatic N) is 2. The van der Waals surface area contributed by atoms with Gasteiger partial charge in [0.1, 0.15) is 12.4 Å². The number of carbonyl (C=O) groups excluding carboxylic acids is 1. The molecule has 1 aromatic heterocycles. The highest BCUT2D eigenvalue weighted by Crippen LogP contribution is 2.18. The second kappa shape index (κ2) is 5.73. The zero-order valence-corrected chi connectivity index (χ0v) is 11.4. The molecule has 5 nitrogen and oxygen atoms in total. The van der Waals surface area contributed by atoms with Gasteiger partial charge in [0.25, 0.3) is 0 Å². The molecular weight excluding hydrogens is 261 g/mol. The van der Waals surface area contributed by atoms with E-state index in [2.05, 4.69) is 5.10 Å². The third kappa shape index (κ3) is 2.79. The summed E-state index contributed by atoms with van der Waals surface area (Å²) in [7, 11) is 1.63. The first kappa shape index (κ1) is 14.0. The third-order valence-corrected chi connectivity index (χ3v) is 2.95. The quantitative estimate of drug-likeness (QED) is 0.868. The summed E-state index contributed by atoms with van der Waals surface area (Å²) in [5, 5.41) is 4.15. The molecule has 2 rings (SSSR count). The lowest BCUT2D eigenvalue weighted by atomic mass is 10.2. The summed E-state index contributed by atoms with van der Waals surface area (Å²) in [5.74, 6) is -0.937. The summed E-state index contributed by atoms with van der Waals surface area (Å²) >= 11 is 0. The maximum atomic E-state index is 13.0. The van der Waals surface area contributed by atoms with Gasteiger partial charge >= 0.3 is 5.97 Å². The molecule has 0 aliphatic rings. The van der Waals surface area contributed by atoms with Gasteiger partial charge in [-0.2, -0.15) is 5.10 Å². The number of nitrogen functional groups attached to an aromatic ring is 1. The molecule has 1 heterocycles. The number of esters is 1. The van der Waals surface area contributed by atoms with E-state index in [-0.39, 0.29) is 18.1 Å². The van der Waals surface area contributed by atoms with Gasteiger partial charge in [0.2, 0.25) is 0 Å². The van der Waals surface area contributed by atoms with Crippen molar-refractivity contribution >= 4 is 11.7 Å². The van der Waals surface area contributed by atoms with Crippen molar-refractivity contribution in [1.29, 1.82) is 0 Å². The molecule has 0 bridgehead atoms. The van der Waals surface area contributed by atoms with E-state index in [0.29, 0.717) is 23.4 Å². The first-order chi connectivity index (χ1) is 9.52. The number of hydrogen-bond acceptors (Lipinski definition) is 4. The van der Waals surface area contributed by atoms with Gasteiger partial charge in [0.15, 0.2) is 5.69 Å². The lowest BCUT2D eigenvalue weighted by molar-refractivity contribution is 0.0461. The Labute approximate surface area is 116 Å². The monoisotopic (exact) mass is 277 g/mol. The van der Waals surface area contributed by atoms with Gasteiger partial charge in [-0.05, 0) is 24.1 Å². The zero-order valence-electron chi connectivity index (χ0n) is 11.4. The molecule has 1 aromatic carbocycles. The standard InChI is InChI=1S/C14H16FN3O2/c1-3-11-12(16)13(18(2)17-11)14(19)20-8-9-5-4-6-10(15)7-9/h4-7H,3,8,16H2,1-2H3. The van der Waals surface area contributed by atoms with E-state index < -0.39 is 5.97 Å². The second-order valence-electron chi connectivity index (χ2n) is 4.39.